The Morgan fingerprint density at radius 2 is 1.52 bits per heavy atom. The molecule has 0 spiro atoms. The SMILES string of the molecule is c1ccc2cc(C(NC3CCNCC3)c3ccc4[nH]ccc4c3)ccc2c1. The van der Waals surface area contributed by atoms with Crippen molar-refractivity contribution in [2.24, 2.45) is 0 Å². The predicted molar refractivity (Wildman–Crippen MR) is 113 cm³/mol. The summed E-state index contributed by atoms with van der Waals surface area (Å²) in [6.45, 7) is 2.19. The van der Waals surface area contributed by atoms with Crippen LogP contribution in [0.1, 0.15) is 30.0 Å². The third kappa shape index (κ3) is 3.36. The predicted octanol–water partition coefficient (Wildman–Crippen LogP) is 4.75. The fraction of sp³-hybridized carbons (Fsp3) is 0.250. The molecule has 1 aliphatic rings. The normalized spacial score (nSPS) is 16.7. The lowest BCUT2D eigenvalue weighted by atomic mass is 9.93. The molecular formula is C24H25N3. The highest BCUT2D eigenvalue weighted by atomic mass is 15.0. The second-order valence-corrected chi connectivity index (χ2v) is 7.55. The van der Waals surface area contributed by atoms with E-state index in [2.05, 4.69) is 82.3 Å². The average Bonchev–Trinajstić information content (AvgIpc) is 3.20. The minimum atomic E-state index is 0.206. The van der Waals surface area contributed by atoms with Gasteiger partial charge in [0.25, 0.3) is 0 Å². The van der Waals surface area contributed by atoms with E-state index in [4.69, 9.17) is 0 Å². The summed E-state index contributed by atoms with van der Waals surface area (Å²) in [4.78, 5) is 3.30. The molecule has 1 aromatic heterocycles. The van der Waals surface area contributed by atoms with Gasteiger partial charge in [-0.3, -0.25) is 0 Å². The lowest BCUT2D eigenvalue weighted by Crippen LogP contribution is -2.41. The molecule has 0 radical (unpaired) electrons. The third-order valence-corrected chi connectivity index (χ3v) is 5.76. The molecule has 3 aromatic carbocycles. The van der Waals surface area contributed by atoms with Gasteiger partial charge in [-0.2, -0.15) is 0 Å². The number of rotatable bonds is 4. The average molecular weight is 355 g/mol. The lowest BCUT2D eigenvalue weighted by molar-refractivity contribution is 0.367. The third-order valence-electron chi connectivity index (χ3n) is 5.76. The molecule has 3 heteroatoms. The minimum absolute atomic E-state index is 0.206. The van der Waals surface area contributed by atoms with Gasteiger partial charge in [0, 0.05) is 17.8 Å². The number of nitrogens with one attached hydrogen (secondary N) is 3. The number of hydrogen-bond acceptors (Lipinski definition) is 2. The quantitative estimate of drug-likeness (QED) is 0.494. The van der Waals surface area contributed by atoms with Crippen molar-refractivity contribution in [1.82, 2.24) is 15.6 Å². The molecule has 0 aliphatic carbocycles. The number of aromatic amines is 1. The highest BCUT2D eigenvalue weighted by Gasteiger charge is 2.21. The van der Waals surface area contributed by atoms with E-state index in [0.29, 0.717) is 6.04 Å². The molecule has 0 saturated carbocycles. The molecule has 1 unspecified atom stereocenters. The highest BCUT2D eigenvalue weighted by Crippen LogP contribution is 2.29. The van der Waals surface area contributed by atoms with Crippen molar-refractivity contribution in [2.45, 2.75) is 24.9 Å². The second-order valence-electron chi connectivity index (χ2n) is 7.55. The van der Waals surface area contributed by atoms with Crippen molar-refractivity contribution in [2.75, 3.05) is 13.1 Å². The number of H-pyrrole nitrogens is 1. The van der Waals surface area contributed by atoms with Crippen LogP contribution in [-0.4, -0.2) is 24.1 Å². The largest absolute Gasteiger partial charge is 0.361 e. The molecule has 5 rings (SSSR count). The molecule has 3 N–H and O–H groups in total. The van der Waals surface area contributed by atoms with Gasteiger partial charge < -0.3 is 15.6 Å². The van der Waals surface area contributed by atoms with Crippen LogP contribution in [0.4, 0.5) is 0 Å². The fourth-order valence-corrected chi connectivity index (χ4v) is 4.25. The maximum atomic E-state index is 3.96. The summed E-state index contributed by atoms with van der Waals surface area (Å²) in [5.41, 5.74) is 3.86. The standard InChI is InChI=1S/C24H25N3/c1-2-4-18-15-20(6-5-17(18)3-1)24(27-22-10-12-25-13-11-22)21-7-8-23-19(16-21)9-14-26-23/h1-9,14-16,22,24-27H,10-13H2. The van der Waals surface area contributed by atoms with Crippen molar-refractivity contribution < 1.29 is 0 Å². The van der Waals surface area contributed by atoms with E-state index in [1.807, 2.05) is 6.20 Å². The molecule has 1 fully saturated rings. The van der Waals surface area contributed by atoms with Crippen molar-refractivity contribution in [3.8, 4) is 0 Å². The van der Waals surface area contributed by atoms with Crippen LogP contribution >= 0.6 is 0 Å². The summed E-state index contributed by atoms with van der Waals surface area (Å²) in [7, 11) is 0. The molecule has 27 heavy (non-hydrogen) atoms. The van der Waals surface area contributed by atoms with Gasteiger partial charge >= 0.3 is 0 Å². The molecule has 136 valence electrons. The van der Waals surface area contributed by atoms with Gasteiger partial charge in [-0.1, -0.05) is 42.5 Å². The highest BCUT2D eigenvalue weighted by molar-refractivity contribution is 5.83. The number of benzene rings is 3. The Hall–Kier alpha value is -2.62. The van der Waals surface area contributed by atoms with Crippen LogP contribution in [0, 0.1) is 0 Å². The van der Waals surface area contributed by atoms with Gasteiger partial charge in [-0.25, -0.2) is 0 Å². The smallest absolute Gasteiger partial charge is 0.0579 e. The molecule has 4 aromatic rings. The molecule has 0 amide bonds. The fourth-order valence-electron chi connectivity index (χ4n) is 4.25. The zero-order valence-corrected chi connectivity index (χ0v) is 15.4. The maximum Gasteiger partial charge on any atom is 0.0579 e. The monoisotopic (exact) mass is 355 g/mol. The number of piperidine rings is 1. The van der Waals surface area contributed by atoms with Crippen LogP contribution in [0.3, 0.4) is 0 Å². The maximum absolute atomic E-state index is 3.96. The van der Waals surface area contributed by atoms with E-state index in [1.54, 1.807) is 0 Å². The molecule has 3 nitrogen and oxygen atoms in total. The van der Waals surface area contributed by atoms with E-state index in [0.717, 1.165) is 13.1 Å². The molecule has 1 saturated heterocycles. The summed E-state index contributed by atoms with van der Waals surface area (Å²) >= 11 is 0. The Morgan fingerprint density at radius 1 is 0.778 bits per heavy atom. The second kappa shape index (κ2) is 7.18. The van der Waals surface area contributed by atoms with Gasteiger partial charge in [0.15, 0.2) is 0 Å². The van der Waals surface area contributed by atoms with Crippen molar-refractivity contribution in [3.63, 3.8) is 0 Å². The number of aromatic nitrogens is 1. The first-order valence-electron chi connectivity index (χ1n) is 9.89. The lowest BCUT2D eigenvalue weighted by Gasteiger charge is -2.30. The first kappa shape index (κ1) is 16.5. The number of fused-ring (bicyclic) bond motifs is 2. The van der Waals surface area contributed by atoms with Crippen LogP contribution in [0.25, 0.3) is 21.7 Å². The summed E-state index contributed by atoms with van der Waals surface area (Å²) < 4.78 is 0. The van der Waals surface area contributed by atoms with E-state index in [-0.39, 0.29) is 6.04 Å². The van der Waals surface area contributed by atoms with E-state index >= 15 is 0 Å². The minimum Gasteiger partial charge on any atom is -0.361 e. The summed E-state index contributed by atoms with van der Waals surface area (Å²) in [6.07, 6.45) is 4.37. The van der Waals surface area contributed by atoms with Gasteiger partial charge in [0.2, 0.25) is 0 Å². The van der Waals surface area contributed by atoms with E-state index < -0.39 is 0 Å². The van der Waals surface area contributed by atoms with Crippen molar-refractivity contribution in [1.29, 1.82) is 0 Å². The molecule has 0 bridgehead atoms. The Bertz CT molecular complexity index is 1060. The van der Waals surface area contributed by atoms with Crippen LogP contribution in [0.15, 0.2) is 72.9 Å². The van der Waals surface area contributed by atoms with Crippen molar-refractivity contribution in [3.05, 3.63) is 84.1 Å². The van der Waals surface area contributed by atoms with Crippen LogP contribution in [0.5, 0.6) is 0 Å². The Kier molecular flexibility index (Phi) is 4.40. The Balaban J connectivity index is 1.56. The van der Waals surface area contributed by atoms with Crippen LogP contribution < -0.4 is 10.6 Å². The summed E-state index contributed by atoms with van der Waals surface area (Å²) in [6, 6.07) is 25.2. The zero-order chi connectivity index (χ0) is 18.1. The van der Waals surface area contributed by atoms with Gasteiger partial charge in [-0.05, 0) is 77.5 Å². The van der Waals surface area contributed by atoms with Gasteiger partial charge in [-0.15, -0.1) is 0 Å². The summed E-state index contributed by atoms with van der Waals surface area (Å²) in [5, 5.41) is 11.3. The zero-order valence-electron chi connectivity index (χ0n) is 15.4. The van der Waals surface area contributed by atoms with Crippen LogP contribution in [0.2, 0.25) is 0 Å². The van der Waals surface area contributed by atoms with Gasteiger partial charge in [0.05, 0.1) is 6.04 Å². The summed E-state index contributed by atoms with van der Waals surface area (Å²) in [5.74, 6) is 0. The molecule has 1 atom stereocenters. The molecule has 2 heterocycles. The topological polar surface area (TPSA) is 39.8 Å². The first-order valence-corrected chi connectivity index (χ1v) is 9.89. The van der Waals surface area contributed by atoms with E-state index in [9.17, 15) is 0 Å². The van der Waals surface area contributed by atoms with Crippen molar-refractivity contribution >= 4 is 21.7 Å². The molecule has 1 aliphatic heterocycles. The number of hydrogen-bond donors (Lipinski definition) is 3. The molecular weight excluding hydrogens is 330 g/mol. The Morgan fingerprint density at radius 3 is 2.37 bits per heavy atom. The Labute approximate surface area is 159 Å². The van der Waals surface area contributed by atoms with Gasteiger partial charge in [0.1, 0.15) is 0 Å². The first-order chi connectivity index (χ1) is 13.4. The van der Waals surface area contributed by atoms with Crippen LogP contribution in [-0.2, 0) is 0 Å². The van der Waals surface area contributed by atoms with E-state index in [1.165, 1.54) is 45.6 Å².